The van der Waals surface area contributed by atoms with Crippen molar-refractivity contribution in [3.63, 3.8) is 0 Å². The van der Waals surface area contributed by atoms with E-state index in [2.05, 4.69) is 20.7 Å². The molecule has 0 amide bonds. The smallest absolute Gasteiger partial charge is 0.261 e. The van der Waals surface area contributed by atoms with E-state index in [4.69, 9.17) is 27.9 Å². The molecule has 112 valence electrons. The molecule has 0 radical (unpaired) electrons. The number of nitrogens with one attached hydrogen (secondary N) is 1. The fourth-order valence-corrected chi connectivity index (χ4v) is 3.90. The molecule has 8 heteroatoms. The zero-order valence-corrected chi connectivity index (χ0v) is 14.6. The molecule has 2 rings (SSSR count). The molecule has 0 heterocycles. The number of rotatable bonds is 4. The fourth-order valence-electron chi connectivity index (χ4n) is 1.59. The first-order valence-electron chi connectivity index (χ1n) is 5.65. The summed E-state index contributed by atoms with van der Waals surface area (Å²) < 4.78 is 32.7. The summed E-state index contributed by atoms with van der Waals surface area (Å²) in [6.07, 6.45) is 0. The van der Waals surface area contributed by atoms with E-state index >= 15 is 0 Å². The third kappa shape index (κ3) is 3.83. The molecule has 0 aliphatic rings. The number of anilines is 1. The lowest BCUT2D eigenvalue weighted by molar-refractivity contribution is 0.411. The van der Waals surface area contributed by atoms with Gasteiger partial charge in [-0.2, -0.15) is 0 Å². The zero-order valence-electron chi connectivity index (χ0n) is 10.7. The lowest BCUT2D eigenvalue weighted by atomic mass is 10.3. The Balaban J connectivity index is 2.36. The number of benzene rings is 2. The summed E-state index contributed by atoms with van der Waals surface area (Å²) in [5, 5.41) is 0.647. The highest BCUT2D eigenvalue weighted by Crippen LogP contribution is 2.30. The second kappa shape index (κ2) is 6.44. The summed E-state index contributed by atoms with van der Waals surface area (Å²) in [4.78, 5) is 0.0844. The molecule has 0 saturated heterocycles. The van der Waals surface area contributed by atoms with Crippen molar-refractivity contribution in [2.24, 2.45) is 0 Å². The standard InChI is InChI=1S/C13H10BrCl2NO3S/c1-20-13-5-3-9(7-10(13)14)21(18,19)17-12-4-2-8(15)6-11(12)16/h2-7,17H,1H3. The molecule has 0 fully saturated rings. The molecule has 0 aliphatic heterocycles. The van der Waals surface area contributed by atoms with Crippen LogP contribution in [0.5, 0.6) is 5.75 Å². The van der Waals surface area contributed by atoms with E-state index in [9.17, 15) is 8.42 Å². The summed E-state index contributed by atoms with van der Waals surface area (Å²) in [5.41, 5.74) is 0.257. The molecule has 2 aromatic rings. The number of ether oxygens (including phenoxy) is 1. The van der Waals surface area contributed by atoms with Crippen molar-refractivity contribution in [2.45, 2.75) is 4.90 Å². The summed E-state index contributed by atoms with van der Waals surface area (Å²) in [6.45, 7) is 0. The van der Waals surface area contributed by atoms with Gasteiger partial charge in [0.05, 0.1) is 27.2 Å². The van der Waals surface area contributed by atoms with Crippen molar-refractivity contribution >= 4 is 54.8 Å². The molecule has 0 bridgehead atoms. The van der Waals surface area contributed by atoms with Crippen LogP contribution in [0.3, 0.4) is 0 Å². The van der Waals surface area contributed by atoms with Gasteiger partial charge in [-0.3, -0.25) is 4.72 Å². The van der Waals surface area contributed by atoms with Gasteiger partial charge in [-0.25, -0.2) is 8.42 Å². The van der Waals surface area contributed by atoms with Gasteiger partial charge in [0.25, 0.3) is 10.0 Å². The second-order valence-electron chi connectivity index (χ2n) is 4.03. The quantitative estimate of drug-likeness (QED) is 0.803. The number of hydrogen-bond donors (Lipinski definition) is 1. The minimum atomic E-state index is -3.76. The molecule has 4 nitrogen and oxygen atoms in total. The first kappa shape index (κ1) is 16.4. The average Bonchev–Trinajstić information content (AvgIpc) is 2.42. The molecule has 0 aliphatic carbocycles. The number of methoxy groups -OCH3 is 1. The van der Waals surface area contributed by atoms with Gasteiger partial charge in [0.2, 0.25) is 0 Å². The monoisotopic (exact) mass is 409 g/mol. The predicted octanol–water partition coefficient (Wildman–Crippen LogP) is 4.57. The molecular formula is C13H10BrCl2NO3S. The predicted molar refractivity (Wildman–Crippen MR) is 88.0 cm³/mol. The lowest BCUT2D eigenvalue weighted by Gasteiger charge is -2.11. The van der Waals surface area contributed by atoms with Crippen LogP contribution in [0.4, 0.5) is 5.69 Å². The minimum Gasteiger partial charge on any atom is -0.496 e. The number of hydrogen-bond acceptors (Lipinski definition) is 3. The van der Waals surface area contributed by atoms with E-state index in [1.807, 2.05) is 0 Å². The molecule has 0 saturated carbocycles. The first-order chi connectivity index (χ1) is 9.83. The van der Waals surface area contributed by atoms with Crippen molar-refractivity contribution < 1.29 is 13.2 Å². The molecule has 1 N–H and O–H groups in total. The molecular weight excluding hydrogens is 401 g/mol. The Morgan fingerprint density at radius 3 is 2.43 bits per heavy atom. The van der Waals surface area contributed by atoms with Crippen molar-refractivity contribution in [1.29, 1.82) is 0 Å². The fraction of sp³-hybridized carbons (Fsp3) is 0.0769. The van der Waals surface area contributed by atoms with Gasteiger partial charge in [-0.15, -0.1) is 0 Å². The van der Waals surface area contributed by atoms with Crippen LogP contribution in [0, 0.1) is 0 Å². The van der Waals surface area contributed by atoms with Crippen LogP contribution in [-0.2, 0) is 10.0 Å². The van der Waals surface area contributed by atoms with E-state index < -0.39 is 10.0 Å². The van der Waals surface area contributed by atoms with Crippen LogP contribution in [0.1, 0.15) is 0 Å². The molecule has 0 spiro atoms. The molecule has 0 unspecified atom stereocenters. The molecule has 21 heavy (non-hydrogen) atoms. The minimum absolute atomic E-state index is 0.0844. The van der Waals surface area contributed by atoms with Gasteiger partial charge < -0.3 is 4.74 Å². The largest absolute Gasteiger partial charge is 0.496 e. The van der Waals surface area contributed by atoms with Crippen LogP contribution in [0.15, 0.2) is 45.8 Å². The van der Waals surface area contributed by atoms with Crippen LogP contribution >= 0.6 is 39.1 Å². The summed E-state index contributed by atoms with van der Waals surface area (Å²) in [6, 6.07) is 8.96. The maximum atomic E-state index is 12.3. The van der Waals surface area contributed by atoms with Gasteiger partial charge in [0, 0.05) is 5.02 Å². The third-order valence-electron chi connectivity index (χ3n) is 2.61. The number of halogens is 3. The summed E-state index contributed by atoms with van der Waals surface area (Å²) >= 11 is 15.0. The van der Waals surface area contributed by atoms with Crippen LogP contribution in [0.2, 0.25) is 10.0 Å². The van der Waals surface area contributed by atoms with Crippen molar-refractivity contribution in [3.05, 3.63) is 50.9 Å². The van der Waals surface area contributed by atoms with Gasteiger partial charge in [-0.1, -0.05) is 23.2 Å². The van der Waals surface area contributed by atoms with Crippen LogP contribution in [0.25, 0.3) is 0 Å². The Morgan fingerprint density at radius 1 is 1.14 bits per heavy atom. The maximum absolute atomic E-state index is 12.3. The van der Waals surface area contributed by atoms with Crippen molar-refractivity contribution in [3.8, 4) is 5.75 Å². The second-order valence-corrected chi connectivity index (χ2v) is 7.41. The van der Waals surface area contributed by atoms with Gasteiger partial charge in [0.1, 0.15) is 5.75 Å². The molecule has 0 atom stereocenters. The van der Waals surface area contributed by atoms with Gasteiger partial charge in [-0.05, 0) is 52.3 Å². The SMILES string of the molecule is COc1ccc(S(=O)(=O)Nc2ccc(Cl)cc2Cl)cc1Br. The van der Waals surface area contributed by atoms with Gasteiger partial charge >= 0.3 is 0 Å². The zero-order chi connectivity index (χ0) is 15.6. The van der Waals surface area contributed by atoms with Crippen LogP contribution < -0.4 is 9.46 Å². The highest BCUT2D eigenvalue weighted by atomic mass is 79.9. The summed E-state index contributed by atoms with van der Waals surface area (Å²) in [7, 11) is -2.26. The maximum Gasteiger partial charge on any atom is 0.261 e. The summed E-state index contributed by atoms with van der Waals surface area (Å²) in [5.74, 6) is 0.540. The normalized spacial score (nSPS) is 11.2. The lowest BCUT2D eigenvalue weighted by Crippen LogP contribution is -2.13. The Labute approximate surface area is 141 Å². The Hall–Kier alpha value is -0.950. The molecule has 2 aromatic carbocycles. The van der Waals surface area contributed by atoms with E-state index in [1.54, 1.807) is 12.1 Å². The Kier molecular flexibility index (Phi) is 5.03. The van der Waals surface area contributed by atoms with Crippen molar-refractivity contribution in [1.82, 2.24) is 0 Å². The molecule has 0 aromatic heterocycles. The van der Waals surface area contributed by atoms with E-state index in [0.29, 0.717) is 15.2 Å². The van der Waals surface area contributed by atoms with E-state index in [0.717, 1.165) is 0 Å². The highest BCUT2D eigenvalue weighted by molar-refractivity contribution is 9.10. The van der Waals surface area contributed by atoms with Crippen LogP contribution in [-0.4, -0.2) is 15.5 Å². The Morgan fingerprint density at radius 2 is 1.86 bits per heavy atom. The number of sulfonamides is 1. The third-order valence-corrected chi connectivity index (χ3v) is 5.14. The Bertz CT molecular complexity index is 781. The first-order valence-corrected chi connectivity index (χ1v) is 8.68. The van der Waals surface area contributed by atoms with E-state index in [-0.39, 0.29) is 15.6 Å². The van der Waals surface area contributed by atoms with Gasteiger partial charge in [0.15, 0.2) is 0 Å². The van der Waals surface area contributed by atoms with E-state index in [1.165, 1.54) is 31.4 Å². The highest BCUT2D eigenvalue weighted by Gasteiger charge is 2.17. The van der Waals surface area contributed by atoms with Crippen molar-refractivity contribution in [2.75, 3.05) is 11.8 Å². The average molecular weight is 411 g/mol. The topological polar surface area (TPSA) is 55.4 Å².